The summed E-state index contributed by atoms with van der Waals surface area (Å²) in [6.45, 7) is 19.5. The van der Waals surface area contributed by atoms with Gasteiger partial charge in [-0.2, -0.15) is 0 Å². The molecular weight excluding hydrogens is 716 g/mol. The minimum atomic E-state index is -1.06. The molecule has 300 valence electrons. The molecule has 2 heterocycles. The van der Waals surface area contributed by atoms with E-state index < -0.39 is 56.6 Å². The first-order chi connectivity index (χ1) is 24.6. The highest BCUT2D eigenvalue weighted by molar-refractivity contribution is 5.77. The summed E-state index contributed by atoms with van der Waals surface area (Å²) < 4.78 is 41.3. The Hall–Kier alpha value is -5.59. The van der Waals surface area contributed by atoms with Crippen molar-refractivity contribution in [1.82, 2.24) is 5.32 Å². The van der Waals surface area contributed by atoms with Gasteiger partial charge in [0.1, 0.15) is 16.8 Å². The van der Waals surface area contributed by atoms with Gasteiger partial charge >= 0.3 is 18.4 Å². The number of alkyl carbamates (subject to hydrolysis) is 1. The summed E-state index contributed by atoms with van der Waals surface area (Å²) in [7, 11) is 0. The highest BCUT2D eigenvalue weighted by Crippen LogP contribution is 2.43. The zero-order chi connectivity index (χ0) is 41.3. The molecule has 0 radical (unpaired) electrons. The van der Waals surface area contributed by atoms with Crippen LogP contribution in [0, 0.1) is 20.2 Å². The van der Waals surface area contributed by atoms with E-state index in [0.717, 1.165) is 0 Å². The number of ether oxygens (including phenoxy) is 8. The van der Waals surface area contributed by atoms with E-state index in [9.17, 15) is 34.6 Å². The second-order valence-electron chi connectivity index (χ2n) is 15.2. The summed E-state index contributed by atoms with van der Waals surface area (Å²) in [5.41, 5.74) is 3.40. The molecule has 0 aromatic heterocycles. The van der Waals surface area contributed by atoms with E-state index in [0.29, 0.717) is 42.4 Å². The SMILES string of the molecule is CC(C)(C)OC(=O)NCCC1(C)Oc2ccc([N+](=O)[O-])cc2O1.CC(C)(C)OC(=O)OC(=O)OC(C)(C)C.CC1(CCN)Oc2ccc([N+](=O)[O-])cc2O1. The van der Waals surface area contributed by atoms with Gasteiger partial charge in [0.2, 0.25) is 5.79 Å². The van der Waals surface area contributed by atoms with Crippen molar-refractivity contribution in [2.75, 3.05) is 13.1 Å². The molecule has 2 unspecified atom stereocenters. The number of nitrogens with two attached hydrogens (primary N) is 1. The lowest BCUT2D eigenvalue weighted by Crippen LogP contribution is -2.40. The molecule has 0 fully saturated rings. The van der Waals surface area contributed by atoms with Gasteiger partial charge in [0.25, 0.3) is 17.2 Å². The van der Waals surface area contributed by atoms with E-state index >= 15 is 0 Å². The number of amides is 1. The van der Waals surface area contributed by atoms with Crippen molar-refractivity contribution in [2.24, 2.45) is 5.73 Å². The van der Waals surface area contributed by atoms with Gasteiger partial charge in [-0.15, -0.1) is 0 Å². The molecular formula is C35H50N4O15. The molecule has 19 heteroatoms. The van der Waals surface area contributed by atoms with Crippen molar-refractivity contribution in [2.45, 2.75) is 117 Å². The first-order valence-corrected chi connectivity index (χ1v) is 16.8. The normalized spacial score (nSPS) is 18.1. The molecule has 2 aliphatic rings. The van der Waals surface area contributed by atoms with E-state index in [4.69, 9.17) is 38.9 Å². The van der Waals surface area contributed by atoms with Crippen molar-refractivity contribution >= 4 is 29.8 Å². The lowest BCUT2D eigenvalue weighted by Gasteiger charge is -2.24. The molecule has 0 saturated heterocycles. The number of fused-ring (bicyclic) bond motifs is 2. The molecule has 2 atom stereocenters. The van der Waals surface area contributed by atoms with Gasteiger partial charge in [0.15, 0.2) is 23.0 Å². The van der Waals surface area contributed by atoms with Gasteiger partial charge in [-0.3, -0.25) is 20.2 Å². The Kier molecular flexibility index (Phi) is 14.4. The number of nitrogens with zero attached hydrogens (tertiary/aromatic N) is 2. The van der Waals surface area contributed by atoms with E-state index in [1.54, 1.807) is 76.2 Å². The minimum Gasteiger partial charge on any atom is -0.449 e. The molecule has 19 nitrogen and oxygen atoms in total. The number of nitro groups is 2. The molecule has 2 aliphatic heterocycles. The van der Waals surface area contributed by atoms with Gasteiger partial charge in [-0.25, -0.2) is 14.4 Å². The van der Waals surface area contributed by atoms with Crippen LogP contribution < -0.4 is 30.0 Å². The van der Waals surface area contributed by atoms with Crippen LogP contribution >= 0.6 is 0 Å². The van der Waals surface area contributed by atoms with Crippen LogP contribution in [0.3, 0.4) is 0 Å². The molecule has 1 amide bonds. The van der Waals surface area contributed by atoms with Crippen molar-refractivity contribution < 1.29 is 62.1 Å². The quantitative estimate of drug-likeness (QED) is 0.0921. The summed E-state index contributed by atoms with van der Waals surface area (Å²) in [6, 6.07) is 8.46. The zero-order valence-corrected chi connectivity index (χ0v) is 32.4. The third-order valence-corrected chi connectivity index (χ3v) is 6.37. The number of nitro benzene ring substituents is 2. The van der Waals surface area contributed by atoms with E-state index in [1.807, 2.05) is 0 Å². The van der Waals surface area contributed by atoms with Crippen molar-refractivity contribution in [3.8, 4) is 23.0 Å². The highest BCUT2D eigenvalue weighted by Gasteiger charge is 2.38. The third kappa shape index (κ3) is 15.6. The predicted molar refractivity (Wildman–Crippen MR) is 192 cm³/mol. The maximum absolute atomic E-state index is 11.6. The van der Waals surface area contributed by atoms with Crippen LogP contribution in [0.2, 0.25) is 0 Å². The van der Waals surface area contributed by atoms with Crippen LogP contribution in [0.1, 0.15) is 89.0 Å². The van der Waals surface area contributed by atoms with Gasteiger partial charge in [0.05, 0.1) is 22.0 Å². The molecule has 3 N–H and O–H groups in total. The topological polar surface area (TPSA) is 249 Å². The molecule has 0 saturated carbocycles. The molecule has 0 aliphatic carbocycles. The van der Waals surface area contributed by atoms with Crippen LogP contribution in [0.25, 0.3) is 0 Å². The van der Waals surface area contributed by atoms with Gasteiger partial charge in [-0.05, 0) is 81.0 Å². The van der Waals surface area contributed by atoms with Crippen molar-refractivity contribution in [3.63, 3.8) is 0 Å². The molecule has 2 aromatic rings. The van der Waals surface area contributed by atoms with Gasteiger partial charge in [-0.1, -0.05) is 0 Å². The average Bonchev–Trinajstić information content (AvgIpc) is 3.48. The average molecular weight is 767 g/mol. The van der Waals surface area contributed by atoms with Crippen molar-refractivity contribution in [3.05, 3.63) is 56.6 Å². The van der Waals surface area contributed by atoms with Crippen LogP contribution in [0.4, 0.5) is 25.8 Å². The molecule has 0 spiro atoms. The van der Waals surface area contributed by atoms with Crippen LogP contribution in [-0.4, -0.2) is 69.7 Å². The van der Waals surface area contributed by atoms with Crippen LogP contribution in [0.15, 0.2) is 36.4 Å². The number of carbonyl (C=O) groups is 3. The maximum Gasteiger partial charge on any atom is 0.519 e. The van der Waals surface area contributed by atoms with E-state index in [-0.39, 0.29) is 17.9 Å². The summed E-state index contributed by atoms with van der Waals surface area (Å²) in [6.07, 6.45) is -1.76. The fraction of sp³-hybridized carbons (Fsp3) is 0.571. The largest absolute Gasteiger partial charge is 0.519 e. The van der Waals surface area contributed by atoms with Crippen LogP contribution in [-0.2, 0) is 18.9 Å². The first-order valence-electron chi connectivity index (χ1n) is 16.8. The third-order valence-electron chi connectivity index (χ3n) is 6.37. The molecule has 0 bridgehead atoms. The molecule has 2 aromatic carbocycles. The second-order valence-corrected chi connectivity index (χ2v) is 15.2. The van der Waals surface area contributed by atoms with Crippen LogP contribution in [0.5, 0.6) is 23.0 Å². The monoisotopic (exact) mass is 766 g/mol. The lowest BCUT2D eigenvalue weighted by atomic mass is 10.2. The number of hydrogen-bond donors (Lipinski definition) is 2. The van der Waals surface area contributed by atoms with Crippen molar-refractivity contribution in [1.29, 1.82) is 0 Å². The second kappa shape index (κ2) is 17.5. The maximum atomic E-state index is 11.6. The first kappa shape index (κ1) is 44.6. The minimum absolute atomic E-state index is 0.0145. The number of carbonyl (C=O) groups excluding carboxylic acids is 3. The molecule has 54 heavy (non-hydrogen) atoms. The van der Waals surface area contributed by atoms with E-state index in [1.165, 1.54) is 36.4 Å². The number of benzene rings is 2. The Labute approximate surface area is 312 Å². The number of hydrogen-bond acceptors (Lipinski definition) is 16. The smallest absolute Gasteiger partial charge is 0.449 e. The summed E-state index contributed by atoms with van der Waals surface area (Å²) >= 11 is 0. The summed E-state index contributed by atoms with van der Waals surface area (Å²) in [5.74, 6) is -0.139. The Morgan fingerprint density at radius 1 is 0.667 bits per heavy atom. The van der Waals surface area contributed by atoms with Gasteiger partial charge < -0.3 is 48.9 Å². The Morgan fingerprint density at radius 3 is 1.39 bits per heavy atom. The summed E-state index contributed by atoms with van der Waals surface area (Å²) in [5, 5.41) is 24.0. The summed E-state index contributed by atoms with van der Waals surface area (Å²) in [4.78, 5) is 54.0. The zero-order valence-electron chi connectivity index (χ0n) is 32.4. The number of rotatable bonds is 7. The molecule has 4 rings (SSSR count). The lowest BCUT2D eigenvalue weighted by molar-refractivity contribution is -0.385. The highest BCUT2D eigenvalue weighted by atomic mass is 16.8. The standard InChI is InChI=1S/C15H20N2O6.C10H12N2O4.C10H18O5/c1-14(2,3)23-13(18)16-8-7-15(4)21-11-6-5-10(17(19)20)9-12(11)22-15;1-10(4-5-11)15-8-3-2-7(12(13)14)6-9(8)16-10;1-9(2,3)14-7(11)13-8(12)15-10(4,5)6/h5-6,9H,7-8H2,1-4H3,(H,16,18);2-3,6H,4-5,11H2,1H3;1-6H3. The number of nitrogens with one attached hydrogen (secondary N) is 1. The number of non-ortho nitro benzene ring substituents is 2. The predicted octanol–water partition coefficient (Wildman–Crippen LogP) is 7.30. The van der Waals surface area contributed by atoms with E-state index in [2.05, 4.69) is 10.1 Å². The fourth-order valence-electron chi connectivity index (χ4n) is 4.30. The Morgan fingerprint density at radius 2 is 1.04 bits per heavy atom. The van der Waals surface area contributed by atoms with Gasteiger partial charge in [0, 0.05) is 45.4 Å². The Bertz CT molecular complexity index is 1650. The fourth-order valence-corrected chi connectivity index (χ4v) is 4.30. The Balaban J connectivity index is 0.000000290.